The van der Waals surface area contributed by atoms with Gasteiger partial charge in [-0.2, -0.15) is 0 Å². The van der Waals surface area contributed by atoms with E-state index in [0.717, 1.165) is 0 Å². The lowest BCUT2D eigenvalue weighted by Gasteiger charge is -2.11. The van der Waals surface area contributed by atoms with E-state index in [-0.39, 0.29) is 22.1 Å². The standard InChI is InChI=1S/C15H12N4O5S/c1-9-8-10(18(21)22)6-7-12(9)16-15(25)17-14(20)11-4-2-3-5-13(11)19(23)24/h2-8H,1H3,(H2,16,17,20,25). The number of hydrogen-bond donors (Lipinski definition) is 2. The third-order valence-electron chi connectivity index (χ3n) is 3.24. The number of benzene rings is 2. The first kappa shape index (κ1) is 17.9. The lowest BCUT2D eigenvalue weighted by Crippen LogP contribution is -2.34. The number of para-hydroxylation sites is 1. The van der Waals surface area contributed by atoms with E-state index in [0.29, 0.717) is 11.3 Å². The Balaban J connectivity index is 2.12. The number of aryl methyl sites for hydroxylation is 1. The summed E-state index contributed by atoms with van der Waals surface area (Å²) in [7, 11) is 0. The molecule has 0 atom stereocenters. The minimum Gasteiger partial charge on any atom is -0.332 e. The van der Waals surface area contributed by atoms with Crippen LogP contribution in [0.25, 0.3) is 0 Å². The zero-order chi connectivity index (χ0) is 18.6. The monoisotopic (exact) mass is 360 g/mol. The average Bonchev–Trinajstić information content (AvgIpc) is 2.56. The highest BCUT2D eigenvalue weighted by Crippen LogP contribution is 2.21. The van der Waals surface area contributed by atoms with E-state index in [1.807, 2.05) is 0 Å². The molecule has 0 heterocycles. The van der Waals surface area contributed by atoms with Crippen LogP contribution in [0, 0.1) is 27.2 Å². The lowest BCUT2D eigenvalue weighted by atomic mass is 10.1. The van der Waals surface area contributed by atoms with E-state index in [1.54, 1.807) is 6.92 Å². The highest BCUT2D eigenvalue weighted by atomic mass is 32.1. The van der Waals surface area contributed by atoms with Crippen LogP contribution in [0.5, 0.6) is 0 Å². The molecule has 1 amide bonds. The fourth-order valence-corrected chi connectivity index (χ4v) is 2.25. The van der Waals surface area contributed by atoms with Crippen molar-refractivity contribution < 1.29 is 14.6 Å². The molecule has 0 radical (unpaired) electrons. The first-order valence-corrected chi connectivity index (χ1v) is 7.31. The van der Waals surface area contributed by atoms with Crippen molar-refractivity contribution in [2.45, 2.75) is 6.92 Å². The molecule has 128 valence electrons. The number of carbonyl (C=O) groups is 1. The Labute approximate surface area is 147 Å². The van der Waals surface area contributed by atoms with E-state index in [1.165, 1.54) is 42.5 Å². The van der Waals surface area contributed by atoms with Crippen LogP contribution >= 0.6 is 12.2 Å². The van der Waals surface area contributed by atoms with Gasteiger partial charge in [-0.1, -0.05) is 12.1 Å². The summed E-state index contributed by atoms with van der Waals surface area (Å²) in [4.78, 5) is 32.7. The summed E-state index contributed by atoms with van der Waals surface area (Å²) < 4.78 is 0. The number of nitro groups is 2. The summed E-state index contributed by atoms with van der Waals surface area (Å²) in [5, 5.41) is 26.7. The van der Waals surface area contributed by atoms with Gasteiger partial charge in [-0.3, -0.25) is 30.3 Å². The largest absolute Gasteiger partial charge is 0.332 e. The lowest BCUT2D eigenvalue weighted by molar-refractivity contribution is -0.385. The summed E-state index contributed by atoms with van der Waals surface area (Å²) >= 11 is 5.02. The number of nitrogens with one attached hydrogen (secondary N) is 2. The number of non-ortho nitro benzene ring substituents is 1. The van der Waals surface area contributed by atoms with Gasteiger partial charge in [-0.05, 0) is 36.8 Å². The summed E-state index contributed by atoms with van der Waals surface area (Å²) in [6.45, 7) is 1.64. The minimum atomic E-state index is -0.732. The van der Waals surface area contributed by atoms with Gasteiger partial charge >= 0.3 is 0 Å². The number of thiocarbonyl (C=S) groups is 1. The van der Waals surface area contributed by atoms with Crippen molar-refractivity contribution in [1.82, 2.24) is 5.32 Å². The van der Waals surface area contributed by atoms with Gasteiger partial charge in [0.25, 0.3) is 17.3 Å². The van der Waals surface area contributed by atoms with E-state index in [4.69, 9.17) is 12.2 Å². The van der Waals surface area contributed by atoms with Crippen molar-refractivity contribution >= 4 is 40.3 Å². The number of nitrogens with zero attached hydrogens (tertiary/aromatic N) is 2. The SMILES string of the molecule is Cc1cc([N+](=O)[O-])ccc1NC(=S)NC(=O)c1ccccc1[N+](=O)[O-]. The Morgan fingerprint density at radius 2 is 1.76 bits per heavy atom. The Hall–Kier alpha value is -3.40. The number of anilines is 1. The molecule has 10 heteroatoms. The fourth-order valence-electron chi connectivity index (χ4n) is 2.05. The Bertz CT molecular complexity index is 884. The molecule has 0 aromatic heterocycles. The fraction of sp³-hybridized carbons (Fsp3) is 0.0667. The van der Waals surface area contributed by atoms with Crippen LogP contribution in [-0.2, 0) is 0 Å². The third-order valence-corrected chi connectivity index (χ3v) is 3.45. The topological polar surface area (TPSA) is 127 Å². The Morgan fingerprint density at radius 1 is 1.08 bits per heavy atom. The summed E-state index contributed by atoms with van der Waals surface area (Å²) in [6, 6.07) is 9.58. The second kappa shape index (κ2) is 7.45. The second-order valence-electron chi connectivity index (χ2n) is 4.94. The van der Waals surface area contributed by atoms with Crippen LogP contribution in [0.15, 0.2) is 42.5 Å². The number of nitro benzene ring substituents is 2. The van der Waals surface area contributed by atoms with Crippen LogP contribution in [0.1, 0.15) is 15.9 Å². The van der Waals surface area contributed by atoms with Crippen molar-refractivity contribution in [3.8, 4) is 0 Å². The second-order valence-corrected chi connectivity index (χ2v) is 5.35. The molecule has 0 spiro atoms. The molecule has 0 saturated carbocycles. The molecule has 0 aliphatic rings. The molecular weight excluding hydrogens is 348 g/mol. The number of carbonyl (C=O) groups excluding carboxylic acids is 1. The molecule has 0 saturated heterocycles. The third kappa shape index (κ3) is 4.32. The van der Waals surface area contributed by atoms with Crippen LogP contribution in [0.2, 0.25) is 0 Å². The van der Waals surface area contributed by atoms with Gasteiger partial charge in [0.05, 0.1) is 9.85 Å². The normalized spacial score (nSPS) is 9.96. The Morgan fingerprint density at radius 3 is 2.36 bits per heavy atom. The van der Waals surface area contributed by atoms with Crippen LogP contribution in [-0.4, -0.2) is 20.9 Å². The molecule has 9 nitrogen and oxygen atoms in total. The van der Waals surface area contributed by atoms with Gasteiger partial charge in [-0.25, -0.2) is 0 Å². The van der Waals surface area contributed by atoms with Gasteiger partial charge in [0.15, 0.2) is 5.11 Å². The molecule has 2 aromatic carbocycles. The predicted molar refractivity (Wildman–Crippen MR) is 94.6 cm³/mol. The smallest absolute Gasteiger partial charge is 0.282 e. The number of amides is 1. The van der Waals surface area contributed by atoms with Crippen LogP contribution in [0.3, 0.4) is 0 Å². The highest BCUT2D eigenvalue weighted by Gasteiger charge is 2.20. The quantitative estimate of drug-likeness (QED) is 0.487. The van der Waals surface area contributed by atoms with Crippen LogP contribution in [0.4, 0.5) is 17.1 Å². The van der Waals surface area contributed by atoms with Crippen LogP contribution < -0.4 is 10.6 Å². The molecule has 0 aliphatic carbocycles. The van der Waals surface area contributed by atoms with Gasteiger partial charge in [0.2, 0.25) is 0 Å². The summed E-state index contributed by atoms with van der Waals surface area (Å²) in [5.41, 5.74) is 0.485. The van der Waals surface area contributed by atoms with Crippen molar-refractivity contribution in [3.63, 3.8) is 0 Å². The van der Waals surface area contributed by atoms with Gasteiger partial charge in [-0.15, -0.1) is 0 Å². The summed E-state index contributed by atoms with van der Waals surface area (Å²) in [6.07, 6.45) is 0. The van der Waals surface area contributed by atoms with Crippen molar-refractivity contribution in [3.05, 3.63) is 73.8 Å². The van der Waals surface area contributed by atoms with Gasteiger partial charge in [0.1, 0.15) is 5.56 Å². The maximum atomic E-state index is 12.2. The molecule has 0 unspecified atom stereocenters. The molecule has 0 fully saturated rings. The van der Waals surface area contributed by atoms with Crippen molar-refractivity contribution in [2.24, 2.45) is 0 Å². The van der Waals surface area contributed by atoms with Crippen molar-refractivity contribution in [1.29, 1.82) is 0 Å². The molecule has 2 N–H and O–H groups in total. The molecular formula is C15H12N4O5S. The highest BCUT2D eigenvalue weighted by molar-refractivity contribution is 7.80. The zero-order valence-electron chi connectivity index (χ0n) is 12.9. The Kier molecular flexibility index (Phi) is 5.35. The minimum absolute atomic E-state index is 0.0714. The molecule has 0 aliphatic heterocycles. The molecule has 0 bridgehead atoms. The molecule has 2 rings (SSSR count). The maximum Gasteiger partial charge on any atom is 0.282 e. The summed E-state index contributed by atoms with van der Waals surface area (Å²) in [5.74, 6) is -0.732. The average molecular weight is 360 g/mol. The first-order chi connectivity index (χ1) is 11.8. The number of rotatable bonds is 4. The molecule has 2 aromatic rings. The first-order valence-electron chi connectivity index (χ1n) is 6.90. The number of hydrogen-bond acceptors (Lipinski definition) is 6. The van der Waals surface area contributed by atoms with E-state index >= 15 is 0 Å². The van der Waals surface area contributed by atoms with Gasteiger partial charge in [0, 0.05) is 23.9 Å². The van der Waals surface area contributed by atoms with Crippen molar-refractivity contribution in [2.75, 3.05) is 5.32 Å². The molecule has 25 heavy (non-hydrogen) atoms. The maximum absolute atomic E-state index is 12.2. The van der Waals surface area contributed by atoms with Gasteiger partial charge < -0.3 is 5.32 Å². The van der Waals surface area contributed by atoms with E-state index < -0.39 is 15.8 Å². The zero-order valence-corrected chi connectivity index (χ0v) is 13.7. The van der Waals surface area contributed by atoms with E-state index in [2.05, 4.69) is 10.6 Å². The predicted octanol–water partition coefficient (Wildman–Crippen LogP) is 2.94. The van der Waals surface area contributed by atoms with E-state index in [9.17, 15) is 25.0 Å².